The van der Waals surface area contributed by atoms with Crippen molar-refractivity contribution in [3.63, 3.8) is 0 Å². The van der Waals surface area contributed by atoms with Gasteiger partial charge in [-0.05, 0) is 43.7 Å². The fourth-order valence-electron chi connectivity index (χ4n) is 2.47. The van der Waals surface area contributed by atoms with Gasteiger partial charge in [-0.2, -0.15) is 8.78 Å². The summed E-state index contributed by atoms with van der Waals surface area (Å²) in [5.41, 5.74) is 4.67. The van der Waals surface area contributed by atoms with Crippen LogP contribution in [-0.4, -0.2) is 16.0 Å². The predicted octanol–water partition coefficient (Wildman–Crippen LogP) is 4.16. The van der Waals surface area contributed by atoms with E-state index >= 15 is 0 Å². The number of ether oxygens (including phenoxy) is 1. The molecule has 0 radical (unpaired) electrons. The molecule has 2 aromatic heterocycles. The molecule has 1 N–H and O–H groups in total. The van der Waals surface area contributed by atoms with Gasteiger partial charge in [0.25, 0.3) is 0 Å². The minimum absolute atomic E-state index is 0.157. The van der Waals surface area contributed by atoms with Crippen molar-refractivity contribution in [1.29, 1.82) is 0 Å². The minimum Gasteiger partial charge on any atom is -0.435 e. The highest BCUT2D eigenvalue weighted by Gasteiger charge is 2.09. The number of aryl methyl sites for hydroxylation is 2. The number of aromatic nitrogens is 2. The van der Waals surface area contributed by atoms with Gasteiger partial charge in [-0.25, -0.2) is 4.98 Å². The van der Waals surface area contributed by atoms with Gasteiger partial charge < -0.3 is 14.5 Å². The van der Waals surface area contributed by atoms with Crippen molar-refractivity contribution in [2.45, 2.75) is 27.0 Å². The van der Waals surface area contributed by atoms with Crippen LogP contribution < -0.4 is 10.1 Å². The lowest BCUT2D eigenvalue weighted by Crippen LogP contribution is -2.04. The standard InChI is InChI=1S/C17H17F2N3O/c1-11-12(2)22-8-4-7-15(16(22)21-11)20-10-13-5-3-6-14(9-13)23-17(18)19/h3-9,17,20H,10H2,1-2H3. The molecule has 120 valence electrons. The molecule has 23 heavy (non-hydrogen) atoms. The van der Waals surface area contributed by atoms with Crippen LogP contribution in [0.4, 0.5) is 14.5 Å². The number of anilines is 1. The zero-order chi connectivity index (χ0) is 16.4. The Balaban J connectivity index is 1.80. The number of pyridine rings is 1. The van der Waals surface area contributed by atoms with Crippen molar-refractivity contribution < 1.29 is 13.5 Å². The Morgan fingerprint density at radius 2 is 2.04 bits per heavy atom. The van der Waals surface area contributed by atoms with Gasteiger partial charge >= 0.3 is 6.61 Å². The fraction of sp³-hybridized carbons (Fsp3) is 0.235. The highest BCUT2D eigenvalue weighted by atomic mass is 19.3. The Morgan fingerprint density at radius 1 is 1.22 bits per heavy atom. The molecule has 0 spiro atoms. The zero-order valence-corrected chi connectivity index (χ0v) is 12.9. The molecule has 0 saturated heterocycles. The molecule has 3 aromatic rings. The second-order valence-corrected chi connectivity index (χ2v) is 5.28. The zero-order valence-electron chi connectivity index (χ0n) is 12.9. The molecule has 1 aromatic carbocycles. The second kappa shape index (κ2) is 6.24. The van der Waals surface area contributed by atoms with Crippen LogP contribution in [0.3, 0.4) is 0 Å². The quantitative estimate of drug-likeness (QED) is 0.768. The molecule has 0 unspecified atom stereocenters. The van der Waals surface area contributed by atoms with Crippen molar-refractivity contribution >= 4 is 11.3 Å². The molecule has 0 bridgehead atoms. The molecule has 0 aliphatic rings. The van der Waals surface area contributed by atoms with Crippen LogP contribution in [0.1, 0.15) is 17.0 Å². The van der Waals surface area contributed by atoms with Gasteiger partial charge in [0.05, 0.1) is 11.4 Å². The van der Waals surface area contributed by atoms with E-state index in [2.05, 4.69) is 15.0 Å². The number of fused-ring (bicyclic) bond motifs is 1. The van der Waals surface area contributed by atoms with Crippen LogP contribution in [0.15, 0.2) is 42.6 Å². The van der Waals surface area contributed by atoms with E-state index in [0.29, 0.717) is 6.54 Å². The number of nitrogens with zero attached hydrogens (tertiary/aromatic N) is 2. The summed E-state index contributed by atoms with van der Waals surface area (Å²) in [4.78, 5) is 4.56. The number of imidazole rings is 1. The predicted molar refractivity (Wildman–Crippen MR) is 85.1 cm³/mol. The number of halogens is 2. The Kier molecular flexibility index (Phi) is 4.14. The lowest BCUT2D eigenvalue weighted by atomic mass is 10.2. The monoisotopic (exact) mass is 317 g/mol. The first-order chi connectivity index (χ1) is 11.0. The Labute approximate surface area is 132 Å². The van der Waals surface area contributed by atoms with Gasteiger partial charge in [0.15, 0.2) is 5.65 Å². The molecule has 6 heteroatoms. The number of hydrogen-bond acceptors (Lipinski definition) is 3. The van der Waals surface area contributed by atoms with Gasteiger partial charge in [-0.15, -0.1) is 0 Å². The third-order valence-electron chi connectivity index (χ3n) is 3.73. The topological polar surface area (TPSA) is 38.6 Å². The van der Waals surface area contributed by atoms with Crippen molar-refractivity contribution in [3.05, 3.63) is 59.5 Å². The number of alkyl halides is 2. The smallest absolute Gasteiger partial charge is 0.387 e. The van der Waals surface area contributed by atoms with Gasteiger partial charge in [0, 0.05) is 18.4 Å². The third-order valence-corrected chi connectivity index (χ3v) is 3.73. The summed E-state index contributed by atoms with van der Waals surface area (Å²) >= 11 is 0. The van der Waals surface area contributed by atoms with Gasteiger partial charge in [-0.3, -0.25) is 0 Å². The Morgan fingerprint density at radius 3 is 2.83 bits per heavy atom. The molecular formula is C17H17F2N3O. The van der Waals surface area contributed by atoms with Crippen molar-refractivity contribution in [3.8, 4) is 5.75 Å². The number of rotatable bonds is 5. The van der Waals surface area contributed by atoms with Gasteiger partial charge in [-0.1, -0.05) is 12.1 Å². The maximum absolute atomic E-state index is 12.3. The van der Waals surface area contributed by atoms with E-state index in [4.69, 9.17) is 0 Å². The van der Waals surface area contributed by atoms with Crippen molar-refractivity contribution in [1.82, 2.24) is 9.38 Å². The maximum atomic E-state index is 12.3. The van der Waals surface area contributed by atoms with Crippen LogP contribution in [0, 0.1) is 13.8 Å². The van der Waals surface area contributed by atoms with E-state index in [9.17, 15) is 8.78 Å². The summed E-state index contributed by atoms with van der Waals surface area (Å²) in [6, 6.07) is 10.5. The van der Waals surface area contributed by atoms with Crippen molar-refractivity contribution in [2.75, 3.05) is 5.32 Å². The number of benzene rings is 1. The Bertz CT molecular complexity index is 830. The highest BCUT2D eigenvalue weighted by molar-refractivity contribution is 5.68. The molecule has 4 nitrogen and oxygen atoms in total. The molecule has 0 atom stereocenters. The lowest BCUT2D eigenvalue weighted by molar-refractivity contribution is -0.0498. The van der Waals surface area contributed by atoms with Crippen LogP contribution in [-0.2, 0) is 6.54 Å². The summed E-state index contributed by atoms with van der Waals surface area (Å²) in [6.07, 6.45) is 1.97. The van der Waals surface area contributed by atoms with Crippen LogP contribution in [0.5, 0.6) is 5.75 Å². The van der Waals surface area contributed by atoms with Crippen LogP contribution >= 0.6 is 0 Å². The first-order valence-electron chi connectivity index (χ1n) is 7.26. The van der Waals surface area contributed by atoms with Gasteiger partial charge in [0.1, 0.15) is 5.75 Å². The highest BCUT2D eigenvalue weighted by Crippen LogP contribution is 2.21. The molecule has 0 aliphatic heterocycles. The van der Waals surface area contributed by atoms with E-state index in [1.807, 2.05) is 42.6 Å². The van der Waals surface area contributed by atoms with Gasteiger partial charge in [0.2, 0.25) is 0 Å². The summed E-state index contributed by atoms with van der Waals surface area (Å²) in [5, 5.41) is 3.30. The van der Waals surface area contributed by atoms with E-state index in [1.54, 1.807) is 12.1 Å². The van der Waals surface area contributed by atoms with E-state index in [-0.39, 0.29) is 5.75 Å². The molecular weight excluding hydrogens is 300 g/mol. The molecule has 0 amide bonds. The van der Waals surface area contributed by atoms with Crippen LogP contribution in [0.2, 0.25) is 0 Å². The average molecular weight is 317 g/mol. The molecule has 0 fully saturated rings. The molecule has 3 rings (SSSR count). The average Bonchev–Trinajstić information content (AvgIpc) is 2.81. The molecule has 2 heterocycles. The maximum Gasteiger partial charge on any atom is 0.387 e. The first kappa shape index (κ1) is 15.3. The second-order valence-electron chi connectivity index (χ2n) is 5.28. The Hall–Kier alpha value is -2.63. The van der Waals surface area contributed by atoms with Crippen LogP contribution in [0.25, 0.3) is 5.65 Å². The molecule has 0 aliphatic carbocycles. The first-order valence-corrected chi connectivity index (χ1v) is 7.26. The summed E-state index contributed by atoms with van der Waals surface area (Å²) in [6.45, 7) is 1.66. The van der Waals surface area contributed by atoms with E-state index in [1.165, 1.54) is 6.07 Å². The van der Waals surface area contributed by atoms with E-state index < -0.39 is 6.61 Å². The minimum atomic E-state index is -2.82. The van der Waals surface area contributed by atoms with Crippen molar-refractivity contribution in [2.24, 2.45) is 0 Å². The fourth-order valence-corrected chi connectivity index (χ4v) is 2.47. The number of hydrogen-bond donors (Lipinski definition) is 1. The largest absolute Gasteiger partial charge is 0.435 e. The van der Waals surface area contributed by atoms with E-state index in [0.717, 1.165) is 28.3 Å². The molecule has 0 saturated carbocycles. The normalized spacial score (nSPS) is 11.2. The summed E-state index contributed by atoms with van der Waals surface area (Å²) in [5.74, 6) is 0.157. The SMILES string of the molecule is Cc1nc2c(NCc3cccc(OC(F)F)c3)cccn2c1C. The number of nitrogens with one attached hydrogen (secondary N) is 1. The summed E-state index contributed by atoms with van der Waals surface area (Å²) < 4.78 is 31.0. The lowest BCUT2D eigenvalue weighted by Gasteiger charge is -2.10. The third kappa shape index (κ3) is 3.26. The summed E-state index contributed by atoms with van der Waals surface area (Å²) in [7, 11) is 0.